The number of nitrogens with zero attached hydrogens (tertiary/aromatic N) is 4. The molecule has 1 aromatic heterocycles. The highest BCUT2D eigenvalue weighted by molar-refractivity contribution is 7.08. The number of piperidine rings is 1. The van der Waals surface area contributed by atoms with Crippen LogP contribution in [0.2, 0.25) is 0 Å². The van der Waals surface area contributed by atoms with Gasteiger partial charge in [-0.3, -0.25) is 14.5 Å². The fraction of sp³-hybridized carbons (Fsp3) is 0.643. The van der Waals surface area contributed by atoms with Crippen LogP contribution in [0.3, 0.4) is 0 Å². The van der Waals surface area contributed by atoms with Crippen molar-refractivity contribution in [1.82, 2.24) is 24.7 Å². The number of hydrogen-bond acceptors (Lipinski definition) is 6. The lowest BCUT2D eigenvalue weighted by atomic mass is 10.0. The molecule has 124 valence electrons. The van der Waals surface area contributed by atoms with Crippen LogP contribution < -0.4 is 5.32 Å². The molecule has 3 rings (SSSR count). The molecule has 0 aromatic carbocycles. The lowest BCUT2D eigenvalue weighted by Crippen LogP contribution is -2.49. The largest absolute Gasteiger partial charge is 0.338 e. The van der Waals surface area contributed by atoms with Crippen molar-refractivity contribution in [2.45, 2.75) is 38.6 Å². The first-order valence-corrected chi connectivity index (χ1v) is 8.59. The molecular formula is C14H19N5O3S. The Morgan fingerprint density at radius 1 is 1.35 bits per heavy atom. The van der Waals surface area contributed by atoms with E-state index in [1.807, 2.05) is 6.92 Å². The zero-order valence-corrected chi connectivity index (χ0v) is 13.8. The van der Waals surface area contributed by atoms with Gasteiger partial charge in [0.2, 0.25) is 5.91 Å². The summed E-state index contributed by atoms with van der Waals surface area (Å²) in [6.45, 7) is 3.18. The molecule has 3 heterocycles. The number of imide groups is 1. The minimum absolute atomic E-state index is 0.0425. The topological polar surface area (TPSA) is 95.5 Å². The zero-order valence-electron chi connectivity index (χ0n) is 12.9. The maximum absolute atomic E-state index is 12.6. The molecular weight excluding hydrogens is 318 g/mol. The molecule has 2 aliphatic heterocycles. The van der Waals surface area contributed by atoms with Gasteiger partial charge in [0.1, 0.15) is 4.88 Å². The fourth-order valence-electron chi connectivity index (χ4n) is 3.05. The summed E-state index contributed by atoms with van der Waals surface area (Å²) in [4.78, 5) is 39.7. The van der Waals surface area contributed by atoms with Crippen molar-refractivity contribution < 1.29 is 14.4 Å². The Hall–Kier alpha value is -2.03. The summed E-state index contributed by atoms with van der Waals surface area (Å²) >= 11 is 1.14. The van der Waals surface area contributed by atoms with Crippen LogP contribution in [0, 0.1) is 0 Å². The number of likely N-dealkylation sites (tertiary alicyclic amines) is 1. The molecule has 0 aliphatic carbocycles. The second kappa shape index (κ2) is 6.61. The molecule has 23 heavy (non-hydrogen) atoms. The van der Waals surface area contributed by atoms with Crippen LogP contribution >= 0.6 is 11.5 Å². The highest BCUT2D eigenvalue weighted by atomic mass is 32.1. The van der Waals surface area contributed by atoms with E-state index in [0.717, 1.165) is 30.1 Å². The van der Waals surface area contributed by atoms with Crippen molar-refractivity contribution in [3.8, 4) is 0 Å². The van der Waals surface area contributed by atoms with Gasteiger partial charge < -0.3 is 10.2 Å². The quantitative estimate of drug-likeness (QED) is 0.814. The lowest BCUT2D eigenvalue weighted by Gasteiger charge is -2.35. The van der Waals surface area contributed by atoms with Gasteiger partial charge in [0.25, 0.3) is 5.91 Å². The normalized spacial score (nSPS) is 19.3. The molecule has 2 saturated heterocycles. The average Bonchev–Trinajstić information content (AvgIpc) is 3.14. The molecule has 8 nitrogen and oxygen atoms in total. The van der Waals surface area contributed by atoms with E-state index in [1.54, 1.807) is 4.90 Å². The van der Waals surface area contributed by atoms with Gasteiger partial charge in [-0.15, -0.1) is 5.10 Å². The highest BCUT2D eigenvalue weighted by Crippen LogP contribution is 2.22. The predicted octanol–water partition coefficient (Wildman–Crippen LogP) is 0.647. The number of carbonyl (C=O) groups excluding carboxylic acids is 3. The number of aryl methyl sites for hydroxylation is 1. The third-order valence-corrected chi connectivity index (χ3v) is 4.99. The summed E-state index contributed by atoms with van der Waals surface area (Å²) in [6, 6.07) is -0.444. The first-order chi connectivity index (χ1) is 11.1. The zero-order chi connectivity index (χ0) is 16.4. The summed E-state index contributed by atoms with van der Waals surface area (Å²) < 4.78 is 3.89. The standard InChI is InChI=1S/C14H19N5O3S/c1-2-3-10-12(23-17-16-10)13(21)18-6-4-9(5-7-18)19-11(20)8-15-14(19)22/h9H,2-8H2,1H3,(H,15,22). The van der Waals surface area contributed by atoms with E-state index in [2.05, 4.69) is 14.9 Å². The van der Waals surface area contributed by atoms with Gasteiger partial charge >= 0.3 is 6.03 Å². The first kappa shape index (κ1) is 15.9. The Kier molecular flexibility index (Phi) is 4.56. The molecule has 0 spiro atoms. The Bertz CT molecular complexity index is 608. The second-order valence-corrected chi connectivity index (χ2v) is 6.50. The van der Waals surface area contributed by atoms with Crippen LogP contribution in [0.5, 0.6) is 0 Å². The molecule has 9 heteroatoms. The van der Waals surface area contributed by atoms with Crippen LogP contribution in [0.1, 0.15) is 41.6 Å². The summed E-state index contributed by atoms with van der Waals surface area (Å²) in [6.07, 6.45) is 2.89. The number of urea groups is 1. The van der Waals surface area contributed by atoms with Gasteiger partial charge in [-0.05, 0) is 30.8 Å². The molecule has 1 aromatic rings. The Balaban J connectivity index is 1.62. The second-order valence-electron chi connectivity index (χ2n) is 5.74. The van der Waals surface area contributed by atoms with Crippen molar-refractivity contribution in [2.75, 3.05) is 19.6 Å². The number of carbonyl (C=O) groups is 3. The average molecular weight is 337 g/mol. The van der Waals surface area contributed by atoms with Crippen molar-refractivity contribution in [3.63, 3.8) is 0 Å². The van der Waals surface area contributed by atoms with E-state index in [4.69, 9.17) is 0 Å². The molecule has 2 fully saturated rings. The van der Waals surface area contributed by atoms with Crippen LogP contribution in [0.15, 0.2) is 0 Å². The number of amides is 4. The maximum Gasteiger partial charge on any atom is 0.324 e. The van der Waals surface area contributed by atoms with Crippen LogP contribution in [0.25, 0.3) is 0 Å². The Morgan fingerprint density at radius 3 is 2.70 bits per heavy atom. The summed E-state index contributed by atoms with van der Waals surface area (Å²) in [7, 11) is 0. The summed E-state index contributed by atoms with van der Waals surface area (Å²) in [5, 5.41) is 6.57. The van der Waals surface area contributed by atoms with Gasteiger partial charge in [-0.1, -0.05) is 17.8 Å². The van der Waals surface area contributed by atoms with Crippen molar-refractivity contribution in [2.24, 2.45) is 0 Å². The van der Waals surface area contributed by atoms with E-state index in [0.29, 0.717) is 30.8 Å². The molecule has 1 N–H and O–H groups in total. The lowest BCUT2D eigenvalue weighted by molar-refractivity contribution is -0.127. The molecule has 0 bridgehead atoms. The molecule has 2 aliphatic rings. The Labute approximate surface area is 138 Å². The summed E-state index contributed by atoms with van der Waals surface area (Å²) in [5.74, 6) is -0.226. The van der Waals surface area contributed by atoms with Crippen molar-refractivity contribution in [1.29, 1.82) is 0 Å². The smallest absolute Gasteiger partial charge is 0.324 e. The van der Waals surface area contributed by atoms with Crippen LogP contribution in [0.4, 0.5) is 4.79 Å². The molecule has 0 radical (unpaired) electrons. The van der Waals surface area contributed by atoms with Crippen LogP contribution in [-0.4, -0.2) is 62.9 Å². The minimum atomic E-state index is -0.323. The monoisotopic (exact) mass is 337 g/mol. The third kappa shape index (κ3) is 3.05. The van der Waals surface area contributed by atoms with Crippen molar-refractivity contribution in [3.05, 3.63) is 10.6 Å². The van der Waals surface area contributed by atoms with Gasteiger partial charge in [0, 0.05) is 19.1 Å². The Morgan fingerprint density at radius 2 is 2.09 bits per heavy atom. The van der Waals surface area contributed by atoms with Gasteiger partial charge in [0.15, 0.2) is 0 Å². The first-order valence-electron chi connectivity index (χ1n) is 7.82. The van der Waals surface area contributed by atoms with E-state index in [9.17, 15) is 14.4 Å². The van der Waals surface area contributed by atoms with E-state index in [1.165, 1.54) is 4.90 Å². The van der Waals surface area contributed by atoms with Gasteiger partial charge in [-0.2, -0.15) is 0 Å². The number of rotatable bonds is 4. The molecule has 0 atom stereocenters. The minimum Gasteiger partial charge on any atom is -0.338 e. The van der Waals surface area contributed by atoms with E-state index >= 15 is 0 Å². The summed E-state index contributed by atoms with van der Waals surface area (Å²) in [5.41, 5.74) is 0.763. The number of aromatic nitrogens is 2. The van der Waals surface area contributed by atoms with Crippen molar-refractivity contribution >= 4 is 29.4 Å². The van der Waals surface area contributed by atoms with E-state index < -0.39 is 0 Å². The predicted molar refractivity (Wildman–Crippen MR) is 83.1 cm³/mol. The molecule has 4 amide bonds. The maximum atomic E-state index is 12.6. The van der Waals surface area contributed by atoms with E-state index in [-0.39, 0.29) is 30.4 Å². The SMILES string of the molecule is CCCc1nnsc1C(=O)N1CCC(N2C(=O)CNC2=O)CC1. The fourth-order valence-corrected chi connectivity index (χ4v) is 3.72. The number of hydrogen-bond donors (Lipinski definition) is 1. The highest BCUT2D eigenvalue weighted by Gasteiger charge is 2.37. The van der Waals surface area contributed by atoms with Gasteiger partial charge in [-0.25, -0.2) is 4.79 Å². The van der Waals surface area contributed by atoms with Crippen LogP contribution in [-0.2, 0) is 11.2 Å². The molecule has 0 unspecified atom stereocenters. The number of nitrogens with one attached hydrogen (secondary N) is 1. The third-order valence-electron chi connectivity index (χ3n) is 4.23. The van der Waals surface area contributed by atoms with Gasteiger partial charge in [0.05, 0.1) is 12.2 Å². The molecule has 0 saturated carbocycles.